The number of carbonyl (C=O) groups is 1. The predicted molar refractivity (Wildman–Crippen MR) is 72.5 cm³/mol. The van der Waals surface area contributed by atoms with Crippen LogP contribution in [-0.2, 0) is 4.79 Å². The number of rotatable bonds is 7. The fourth-order valence-corrected chi connectivity index (χ4v) is 1.59. The second-order valence-corrected chi connectivity index (χ2v) is 4.21. The van der Waals surface area contributed by atoms with Crippen molar-refractivity contribution in [3.05, 3.63) is 29.8 Å². The van der Waals surface area contributed by atoms with Gasteiger partial charge in [0.1, 0.15) is 5.75 Å². The van der Waals surface area contributed by atoms with Gasteiger partial charge in [-0.25, -0.2) is 0 Å². The van der Waals surface area contributed by atoms with Crippen molar-refractivity contribution in [2.24, 2.45) is 5.73 Å². The van der Waals surface area contributed by atoms with E-state index >= 15 is 0 Å². The topological polar surface area (TPSA) is 64.3 Å². The lowest BCUT2D eigenvalue weighted by Gasteiger charge is -2.10. The minimum Gasteiger partial charge on any atom is -0.494 e. The van der Waals surface area contributed by atoms with Gasteiger partial charge in [0.25, 0.3) is 0 Å². The lowest BCUT2D eigenvalue weighted by Crippen LogP contribution is -2.18. The van der Waals surface area contributed by atoms with Gasteiger partial charge in [-0.3, -0.25) is 4.79 Å². The van der Waals surface area contributed by atoms with E-state index < -0.39 is 0 Å². The van der Waals surface area contributed by atoms with E-state index in [1.165, 1.54) is 0 Å². The summed E-state index contributed by atoms with van der Waals surface area (Å²) in [6.07, 6.45) is 2.14. The first-order valence-electron chi connectivity index (χ1n) is 6.36. The summed E-state index contributed by atoms with van der Waals surface area (Å²) < 4.78 is 5.55. The Morgan fingerprint density at radius 1 is 1.39 bits per heavy atom. The summed E-state index contributed by atoms with van der Waals surface area (Å²) in [6.45, 7) is 2.61. The van der Waals surface area contributed by atoms with Crippen molar-refractivity contribution in [3.63, 3.8) is 0 Å². The zero-order valence-corrected chi connectivity index (χ0v) is 11.1. The molecule has 4 heteroatoms. The molecule has 0 radical (unpaired) electrons. The molecule has 1 aromatic rings. The van der Waals surface area contributed by atoms with Gasteiger partial charge in [0, 0.05) is 19.5 Å². The highest BCUT2D eigenvalue weighted by Crippen LogP contribution is 2.18. The smallest absolute Gasteiger partial charge is 0.219 e. The molecule has 0 heterocycles. The lowest BCUT2D eigenvalue weighted by molar-refractivity contribution is -0.120. The summed E-state index contributed by atoms with van der Waals surface area (Å²) in [6, 6.07) is 7.91. The van der Waals surface area contributed by atoms with Crippen molar-refractivity contribution in [2.45, 2.75) is 32.2 Å². The maximum atomic E-state index is 11.0. The fraction of sp³-hybridized carbons (Fsp3) is 0.500. The van der Waals surface area contributed by atoms with Crippen molar-refractivity contribution in [1.82, 2.24) is 5.32 Å². The van der Waals surface area contributed by atoms with Gasteiger partial charge in [-0.1, -0.05) is 19.1 Å². The molecule has 0 spiro atoms. The highest BCUT2D eigenvalue weighted by Gasteiger charge is 2.03. The van der Waals surface area contributed by atoms with Crippen LogP contribution in [-0.4, -0.2) is 19.6 Å². The van der Waals surface area contributed by atoms with E-state index in [1.54, 1.807) is 7.05 Å². The zero-order valence-electron chi connectivity index (χ0n) is 11.1. The second kappa shape index (κ2) is 7.71. The summed E-state index contributed by atoms with van der Waals surface area (Å²) in [4.78, 5) is 11.0. The molecule has 0 unspecified atom stereocenters. The summed E-state index contributed by atoms with van der Waals surface area (Å²) in [7, 11) is 1.64. The lowest BCUT2D eigenvalue weighted by atomic mass is 10.1. The number of nitrogens with one attached hydrogen (secondary N) is 1. The van der Waals surface area contributed by atoms with Gasteiger partial charge >= 0.3 is 0 Å². The van der Waals surface area contributed by atoms with Gasteiger partial charge in [-0.2, -0.15) is 0 Å². The Bertz CT molecular complexity index is 363. The van der Waals surface area contributed by atoms with Crippen molar-refractivity contribution < 1.29 is 9.53 Å². The maximum absolute atomic E-state index is 11.0. The molecule has 0 fully saturated rings. The number of ether oxygens (including phenoxy) is 1. The summed E-state index contributed by atoms with van der Waals surface area (Å²) in [5.74, 6) is 0.863. The number of hydrogen-bond acceptors (Lipinski definition) is 3. The monoisotopic (exact) mass is 250 g/mol. The third kappa shape index (κ3) is 4.75. The van der Waals surface area contributed by atoms with Crippen LogP contribution in [0.5, 0.6) is 5.75 Å². The van der Waals surface area contributed by atoms with Crippen molar-refractivity contribution in [1.29, 1.82) is 0 Å². The number of nitrogens with two attached hydrogens (primary N) is 1. The summed E-state index contributed by atoms with van der Waals surface area (Å²) in [5.41, 5.74) is 7.05. The van der Waals surface area contributed by atoms with Crippen LogP contribution >= 0.6 is 0 Å². The predicted octanol–water partition coefficient (Wildman–Crippen LogP) is 2.00. The highest BCUT2D eigenvalue weighted by atomic mass is 16.5. The quantitative estimate of drug-likeness (QED) is 0.727. The Morgan fingerprint density at radius 3 is 2.61 bits per heavy atom. The Labute approximate surface area is 109 Å². The Balaban J connectivity index is 2.33. The number of carbonyl (C=O) groups excluding carboxylic acids is 1. The van der Waals surface area contributed by atoms with Crippen molar-refractivity contribution >= 4 is 5.91 Å². The Hall–Kier alpha value is -1.55. The molecule has 1 rings (SSSR count). The van der Waals surface area contributed by atoms with Crippen LogP contribution in [0.1, 0.15) is 37.8 Å². The minimum atomic E-state index is 0.0443. The molecular formula is C14H22N2O2. The average molecular weight is 250 g/mol. The van der Waals surface area contributed by atoms with E-state index in [4.69, 9.17) is 10.5 Å². The van der Waals surface area contributed by atoms with Crippen LogP contribution in [0.4, 0.5) is 0 Å². The summed E-state index contributed by atoms with van der Waals surface area (Å²) >= 11 is 0. The van der Waals surface area contributed by atoms with Gasteiger partial charge in [0.05, 0.1) is 6.61 Å². The normalized spacial score (nSPS) is 11.9. The molecule has 0 aliphatic rings. The fourth-order valence-electron chi connectivity index (χ4n) is 1.59. The molecular weight excluding hydrogens is 228 g/mol. The molecule has 3 N–H and O–H groups in total. The number of benzene rings is 1. The van der Waals surface area contributed by atoms with Crippen LogP contribution in [0, 0.1) is 0 Å². The number of hydrogen-bond donors (Lipinski definition) is 2. The molecule has 18 heavy (non-hydrogen) atoms. The van der Waals surface area contributed by atoms with Gasteiger partial charge in [0.2, 0.25) is 5.91 Å². The standard InChI is InChI=1S/C14H22N2O2/c1-3-13(15)11-6-8-12(9-7-11)18-10-4-5-14(17)16-2/h6-9,13H,3-5,10,15H2,1-2H3,(H,16,17)/t13-/m1/s1. The molecule has 1 atom stereocenters. The van der Waals surface area contributed by atoms with Crippen LogP contribution in [0.25, 0.3) is 0 Å². The molecule has 0 aliphatic carbocycles. The van der Waals surface area contributed by atoms with Crippen molar-refractivity contribution in [3.8, 4) is 5.75 Å². The van der Waals surface area contributed by atoms with E-state index in [9.17, 15) is 4.79 Å². The van der Waals surface area contributed by atoms with Gasteiger partial charge in [-0.05, 0) is 30.5 Å². The van der Waals surface area contributed by atoms with E-state index in [0.29, 0.717) is 13.0 Å². The molecule has 0 saturated heterocycles. The van der Waals surface area contributed by atoms with Gasteiger partial charge < -0.3 is 15.8 Å². The second-order valence-electron chi connectivity index (χ2n) is 4.21. The zero-order chi connectivity index (χ0) is 13.4. The van der Waals surface area contributed by atoms with Crippen LogP contribution in [0.3, 0.4) is 0 Å². The molecule has 100 valence electrons. The van der Waals surface area contributed by atoms with Crippen LogP contribution in [0.2, 0.25) is 0 Å². The van der Waals surface area contributed by atoms with Crippen LogP contribution < -0.4 is 15.8 Å². The molecule has 0 saturated carbocycles. The largest absolute Gasteiger partial charge is 0.494 e. The average Bonchev–Trinajstić information content (AvgIpc) is 2.43. The number of amides is 1. The first-order valence-corrected chi connectivity index (χ1v) is 6.36. The Morgan fingerprint density at radius 2 is 2.06 bits per heavy atom. The molecule has 0 aliphatic heterocycles. The Kier molecular flexibility index (Phi) is 6.22. The first kappa shape index (κ1) is 14.5. The van der Waals surface area contributed by atoms with Crippen LogP contribution in [0.15, 0.2) is 24.3 Å². The van der Waals surface area contributed by atoms with Gasteiger partial charge in [0.15, 0.2) is 0 Å². The van der Waals surface area contributed by atoms with Crippen molar-refractivity contribution in [2.75, 3.05) is 13.7 Å². The minimum absolute atomic E-state index is 0.0443. The third-order valence-electron chi connectivity index (χ3n) is 2.84. The third-order valence-corrected chi connectivity index (χ3v) is 2.84. The van der Waals surface area contributed by atoms with Gasteiger partial charge in [-0.15, -0.1) is 0 Å². The van der Waals surface area contributed by atoms with E-state index in [2.05, 4.69) is 12.2 Å². The maximum Gasteiger partial charge on any atom is 0.219 e. The molecule has 1 amide bonds. The van der Waals surface area contributed by atoms with E-state index in [1.807, 2.05) is 24.3 Å². The first-order chi connectivity index (χ1) is 8.67. The molecule has 4 nitrogen and oxygen atoms in total. The molecule has 0 aromatic heterocycles. The SMILES string of the molecule is CC[C@@H](N)c1ccc(OCCCC(=O)NC)cc1. The van der Waals surface area contributed by atoms with E-state index in [-0.39, 0.29) is 11.9 Å². The molecule has 1 aromatic carbocycles. The molecule has 0 bridgehead atoms. The summed E-state index contributed by atoms with van der Waals surface area (Å²) in [5, 5.41) is 2.58. The highest BCUT2D eigenvalue weighted by molar-refractivity contribution is 5.75. The van der Waals surface area contributed by atoms with E-state index in [0.717, 1.165) is 24.2 Å².